The number of amides is 1. The molecule has 1 amide bonds. The van der Waals surface area contributed by atoms with E-state index in [9.17, 15) is 4.79 Å². The van der Waals surface area contributed by atoms with Crippen LogP contribution in [0.1, 0.15) is 29.8 Å². The molecule has 130 valence electrons. The lowest BCUT2D eigenvalue weighted by molar-refractivity contribution is -0.125. The van der Waals surface area contributed by atoms with Gasteiger partial charge in [-0.15, -0.1) is 12.4 Å². The average Bonchev–Trinajstić information content (AvgIpc) is 2.92. The van der Waals surface area contributed by atoms with Gasteiger partial charge in [0.05, 0.1) is 5.69 Å². The number of aromatic nitrogens is 3. The molecule has 6 nitrogen and oxygen atoms in total. The monoisotopic (exact) mass is 349 g/mol. The molecule has 1 saturated heterocycles. The van der Waals surface area contributed by atoms with E-state index in [0.717, 1.165) is 48.7 Å². The Labute approximate surface area is 148 Å². The van der Waals surface area contributed by atoms with Crippen LogP contribution in [0.15, 0.2) is 24.4 Å². The van der Waals surface area contributed by atoms with Crippen LogP contribution in [0.4, 0.5) is 0 Å². The van der Waals surface area contributed by atoms with Gasteiger partial charge in [0.2, 0.25) is 5.91 Å². The molecule has 1 fully saturated rings. The maximum absolute atomic E-state index is 12.1. The van der Waals surface area contributed by atoms with Crippen LogP contribution in [0.25, 0.3) is 5.82 Å². The summed E-state index contributed by atoms with van der Waals surface area (Å²) in [7, 11) is 0. The third-order valence-corrected chi connectivity index (χ3v) is 4.21. The lowest BCUT2D eigenvalue weighted by Gasteiger charge is -2.21. The lowest BCUT2D eigenvalue weighted by atomic mass is 9.97. The summed E-state index contributed by atoms with van der Waals surface area (Å²) in [6.07, 6.45) is 3.64. The molecule has 0 radical (unpaired) electrons. The fourth-order valence-corrected chi connectivity index (χ4v) is 2.93. The van der Waals surface area contributed by atoms with Gasteiger partial charge in [0.25, 0.3) is 0 Å². The smallest absolute Gasteiger partial charge is 0.223 e. The van der Waals surface area contributed by atoms with E-state index in [1.165, 1.54) is 0 Å². The number of nitrogens with one attached hydrogen (secondary N) is 2. The number of carbonyl (C=O) groups excluding carboxylic acids is 1. The highest BCUT2D eigenvalue weighted by Crippen LogP contribution is 2.13. The van der Waals surface area contributed by atoms with Crippen LogP contribution in [0.5, 0.6) is 0 Å². The Morgan fingerprint density at radius 3 is 2.67 bits per heavy atom. The third kappa shape index (κ3) is 4.33. The molecule has 2 N–H and O–H groups in total. The first kappa shape index (κ1) is 18.4. The molecule has 0 aromatic carbocycles. The van der Waals surface area contributed by atoms with E-state index in [0.29, 0.717) is 6.54 Å². The first-order valence-electron chi connectivity index (χ1n) is 8.10. The quantitative estimate of drug-likeness (QED) is 0.884. The fraction of sp³-hybridized carbons (Fsp3) is 0.471. The highest BCUT2D eigenvalue weighted by atomic mass is 35.5. The predicted molar refractivity (Wildman–Crippen MR) is 95.5 cm³/mol. The maximum atomic E-state index is 12.1. The van der Waals surface area contributed by atoms with Crippen LogP contribution in [-0.4, -0.2) is 33.8 Å². The second-order valence-corrected chi connectivity index (χ2v) is 6.11. The molecule has 1 aliphatic rings. The van der Waals surface area contributed by atoms with E-state index in [2.05, 4.69) is 20.7 Å². The van der Waals surface area contributed by atoms with Crippen molar-refractivity contribution in [2.45, 2.75) is 33.2 Å². The minimum Gasteiger partial charge on any atom is -0.352 e. The largest absolute Gasteiger partial charge is 0.352 e. The summed E-state index contributed by atoms with van der Waals surface area (Å²) in [5.74, 6) is 1.08. The summed E-state index contributed by atoms with van der Waals surface area (Å²) >= 11 is 0. The Kier molecular flexibility index (Phi) is 6.34. The summed E-state index contributed by atoms with van der Waals surface area (Å²) < 4.78 is 1.83. The molecule has 0 unspecified atom stereocenters. The van der Waals surface area contributed by atoms with Crippen molar-refractivity contribution in [2.75, 3.05) is 13.1 Å². The number of piperidine rings is 1. The molecule has 2 aromatic rings. The van der Waals surface area contributed by atoms with E-state index in [4.69, 9.17) is 0 Å². The minimum atomic E-state index is 0. The Morgan fingerprint density at radius 1 is 1.33 bits per heavy atom. The van der Waals surface area contributed by atoms with Crippen LogP contribution >= 0.6 is 12.4 Å². The van der Waals surface area contributed by atoms with Crippen LogP contribution in [0, 0.1) is 19.8 Å². The van der Waals surface area contributed by atoms with E-state index in [1.54, 1.807) is 6.20 Å². The van der Waals surface area contributed by atoms with Crippen LogP contribution < -0.4 is 10.6 Å². The van der Waals surface area contributed by atoms with E-state index >= 15 is 0 Å². The first-order chi connectivity index (χ1) is 11.1. The second-order valence-electron chi connectivity index (χ2n) is 6.11. The van der Waals surface area contributed by atoms with Crippen molar-refractivity contribution in [3.63, 3.8) is 0 Å². The van der Waals surface area contributed by atoms with Gasteiger partial charge in [-0.1, -0.05) is 6.07 Å². The first-order valence-corrected chi connectivity index (χ1v) is 8.10. The summed E-state index contributed by atoms with van der Waals surface area (Å²) in [5.41, 5.74) is 3.03. The highest BCUT2D eigenvalue weighted by Gasteiger charge is 2.20. The SMILES string of the molecule is Cc1cc(C)n(-c2ccc(CNC(=O)C3CCNCC3)cn2)n1.Cl. The number of carbonyl (C=O) groups is 1. The summed E-state index contributed by atoms with van der Waals surface area (Å²) in [5, 5.41) is 10.7. The van der Waals surface area contributed by atoms with Crippen molar-refractivity contribution in [1.29, 1.82) is 0 Å². The van der Waals surface area contributed by atoms with E-state index < -0.39 is 0 Å². The van der Waals surface area contributed by atoms with Gasteiger partial charge in [-0.05, 0) is 57.5 Å². The van der Waals surface area contributed by atoms with Crippen molar-refractivity contribution in [1.82, 2.24) is 25.4 Å². The molecule has 24 heavy (non-hydrogen) atoms. The molecule has 3 heterocycles. The van der Waals surface area contributed by atoms with Crippen molar-refractivity contribution >= 4 is 18.3 Å². The predicted octanol–water partition coefficient (Wildman–Crippen LogP) is 1.92. The molecular formula is C17H24ClN5O. The van der Waals surface area contributed by atoms with Crippen LogP contribution in [-0.2, 0) is 11.3 Å². The molecule has 1 aliphatic heterocycles. The number of pyridine rings is 1. The van der Waals surface area contributed by atoms with Crippen LogP contribution in [0.2, 0.25) is 0 Å². The Morgan fingerprint density at radius 2 is 2.08 bits per heavy atom. The van der Waals surface area contributed by atoms with Gasteiger partial charge in [-0.3, -0.25) is 4.79 Å². The number of aryl methyl sites for hydroxylation is 2. The molecular weight excluding hydrogens is 326 g/mol. The van der Waals surface area contributed by atoms with E-state index in [-0.39, 0.29) is 24.2 Å². The molecule has 0 bridgehead atoms. The van der Waals surface area contributed by atoms with Gasteiger partial charge >= 0.3 is 0 Å². The number of nitrogens with zero attached hydrogens (tertiary/aromatic N) is 3. The standard InChI is InChI=1S/C17H23N5O.ClH/c1-12-9-13(2)22(21-12)16-4-3-14(10-19-16)11-20-17(23)15-5-7-18-8-6-15;/h3-4,9-10,15,18H,5-8,11H2,1-2H3,(H,20,23);1H. The lowest BCUT2D eigenvalue weighted by Crippen LogP contribution is -2.37. The Balaban J connectivity index is 0.00000208. The van der Waals surface area contributed by atoms with Gasteiger partial charge in [0.15, 0.2) is 5.82 Å². The van der Waals surface area contributed by atoms with E-state index in [1.807, 2.05) is 36.7 Å². The van der Waals surface area contributed by atoms with Gasteiger partial charge in [0, 0.05) is 24.4 Å². The van der Waals surface area contributed by atoms with Crippen molar-refractivity contribution in [3.8, 4) is 5.82 Å². The Hall–Kier alpha value is -1.92. The average molecular weight is 350 g/mol. The minimum absolute atomic E-state index is 0. The summed E-state index contributed by atoms with van der Waals surface area (Å²) in [6, 6.07) is 5.95. The molecule has 0 aliphatic carbocycles. The third-order valence-electron chi connectivity index (χ3n) is 4.21. The highest BCUT2D eigenvalue weighted by molar-refractivity contribution is 5.85. The zero-order valence-corrected chi connectivity index (χ0v) is 14.9. The molecule has 0 saturated carbocycles. The van der Waals surface area contributed by atoms with Crippen molar-refractivity contribution in [2.24, 2.45) is 5.92 Å². The van der Waals surface area contributed by atoms with Gasteiger partial charge in [0.1, 0.15) is 0 Å². The molecule has 3 rings (SSSR count). The number of halogens is 1. The molecule has 0 spiro atoms. The van der Waals surface area contributed by atoms with Gasteiger partial charge in [-0.25, -0.2) is 9.67 Å². The van der Waals surface area contributed by atoms with Gasteiger partial charge in [-0.2, -0.15) is 5.10 Å². The number of hydrogen-bond acceptors (Lipinski definition) is 4. The maximum Gasteiger partial charge on any atom is 0.223 e. The molecule has 7 heteroatoms. The zero-order valence-electron chi connectivity index (χ0n) is 14.1. The second kappa shape index (κ2) is 8.26. The summed E-state index contributed by atoms with van der Waals surface area (Å²) in [6.45, 7) is 6.35. The van der Waals surface area contributed by atoms with Crippen molar-refractivity contribution < 1.29 is 4.79 Å². The Bertz CT molecular complexity index is 677. The zero-order chi connectivity index (χ0) is 16.2. The molecule has 2 aromatic heterocycles. The summed E-state index contributed by atoms with van der Waals surface area (Å²) in [4.78, 5) is 16.6. The normalized spacial score (nSPS) is 14.9. The van der Waals surface area contributed by atoms with Gasteiger partial charge < -0.3 is 10.6 Å². The molecule has 0 atom stereocenters. The van der Waals surface area contributed by atoms with Crippen LogP contribution in [0.3, 0.4) is 0 Å². The van der Waals surface area contributed by atoms with Crippen molar-refractivity contribution in [3.05, 3.63) is 41.3 Å². The topological polar surface area (TPSA) is 71.8 Å². The number of hydrogen-bond donors (Lipinski definition) is 2. The number of rotatable bonds is 4. The fourth-order valence-electron chi connectivity index (χ4n) is 2.93.